The average molecular weight is 460 g/mol. The molecular weight excluding hydrogens is 430 g/mol. The molecule has 0 spiro atoms. The number of hydrogen-bond donors (Lipinski definition) is 1. The lowest BCUT2D eigenvalue weighted by Crippen LogP contribution is -2.16. The van der Waals surface area contributed by atoms with E-state index in [1.165, 1.54) is 17.3 Å². The number of thioether (sulfide) groups is 1. The minimum atomic E-state index is -0.0767. The van der Waals surface area contributed by atoms with E-state index in [1.807, 2.05) is 51.4 Å². The normalized spacial score (nSPS) is 11.2. The SMILES string of the molecule is Cc1nn(C)c(C)c1NC(=O)CSc1ncc(-c2ccccc2)n1-c1ccccc1C(C)C. The van der Waals surface area contributed by atoms with Crippen LogP contribution in [-0.2, 0) is 11.8 Å². The lowest BCUT2D eigenvalue weighted by Gasteiger charge is -2.18. The number of hydrogen-bond acceptors (Lipinski definition) is 4. The zero-order valence-electron chi connectivity index (χ0n) is 19.7. The molecule has 0 aliphatic carbocycles. The van der Waals surface area contributed by atoms with Gasteiger partial charge in [-0.2, -0.15) is 5.10 Å². The molecule has 1 N–H and O–H groups in total. The highest BCUT2D eigenvalue weighted by Crippen LogP contribution is 2.33. The van der Waals surface area contributed by atoms with Gasteiger partial charge >= 0.3 is 0 Å². The van der Waals surface area contributed by atoms with E-state index in [9.17, 15) is 4.79 Å². The predicted molar refractivity (Wildman–Crippen MR) is 135 cm³/mol. The van der Waals surface area contributed by atoms with Gasteiger partial charge in [0, 0.05) is 12.6 Å². The number of aryl methyl sites for hydroxylation is 2. The molecule has 0 aliphatic rings. The summed E-state index contributed by atoms with van der Waals surface area (Å²) < 4.78 is 3.95. The van der Waals surface area contributed by atoms with Gasteiger partial charge in [0.2, 0.25) is 5.91 Å². The van der Waals surface area contributed by atoms with Crippen LogP contribution in [0.2, 0.25) is 0 Å². The minimum absolute atomic E-state index is 0.0767. The summed E-state index contributed by atoms with van der Waals surface area (Å²) in [5, 5.41) is 8.18. The Morgan fingerprint density at radius 1 is 1.06 bits per heavy atom. The molecule has 0 unspecified atom stereocenters. The number of carbonyl (C=O) groups excluding carboxylic acids is 1. The Bertz CT molecular complexity index is 1270. The Morgan fingerprint density at radius 2 is 1.76 bits per heavy atom. The molecule has 33 heavy (non-hydrogen) atoms. The van der Waals surface area contributed by atoms with Gasteiger partial charge in [0.25, 0.3) is 0 Å². The molecule has 0 fully saturated rings. The summed E-state index contributed by atoms with van der Waals surface area (Å²) in [6.45, 7) is 8.23. The number of aromatic nitrogens is 4. The molecule has 170 valence electrons. The molecule has 2 aromatic carbocycles. The second-order valence-corrected chi connectivity index (χ2v) is 9.29. The molecule has 0 radical (unpaired) electrons. The number of amides is 1. The number of nitrogens with one attached hydrogen (secondary N) is 1. The van der Waals surface area contributed by atoms with Crippen LogP contribution in [0.3, 0.4) is 0 Å². The Hall–Kier alpha value is -3.32. The van der Waals surface area contributed by atoms with E-state index in [0.29, 0.717) is 5.92 Å². The lowest BCUT2D eigenvalue weighted by atomic mass is 10.0. The fourth-order valence-corrected chi connectivity index (χ4v) is 4.71. The predicted octanol–water partition coefficient (Wildman–Crippen LogP) is 5.74. The maximum absolute atomic E-state index is 12.8. The van der Waals surface area contributed by atoms with Crippen molar-refractivity contribution in [3.05, 3.63) is 77.7 Å². The number of imidazole rings is 1. The van der Waals surface area contributed by atoms with Gasteiger partial charge in [-0.25, -0.2) is 4.98 Å². The summed E-state index contributed by atoms with van der Waals surface area (Å²) in [7, 11) is 1.88. The summed E-state index contributed by atoms with van der Waals surface area (Å²) in [5.74, 6) is 0.528. The van der Waals surface area contributed by atoms with E-state index in [4.69, 9.17) is 4.98 Å². The third-order valence-electron chi connectivity index (χ3n) is 5.70. The second-order valence-electron chi connectivity index (χ2n) is 8.35. The van der Waals surface area contributed by atoms with Crippen LogP contribution in [0.15, 0.2) is 66.0 Å². The van der Waals surface area contributed by atoms with Crippen LogP contribution in [0.5, 0.6) is 0 Å². The highest BCUT2D eigenvalue weighted by molar-refractivity contribution is 7.99. The first-order chi connectivity index (χ1) is 15.9. The molecule has 4 aromatic rings. The monoisotopic (exact) mass is 459 g/mol. The van der Waals surface area contributed by atoms with E-state index in [2.05, 4.69) is 59.2 Å². The summed E-state index contributed by atoms with van der Waals surface area (Å²) in [4.78, 5) is 17.5. The lowest BCUT2D eigenvalue weighted by molar-refractivity contribution is -0.113. The van der Waals surface area contributed by atoms with Gasteiger partial charge in [-0.15, -0.1) is 0 Å². The van der Waals surface area contributed by atoms with Crippen molar-refractivity contribution >= 4 is 23.4 Å². The molecule has 7 heteroatoms. The van der Waals surface area contributed by atoms with Gasteiger partial charge in [-0.05, 0) is 31.4 Å². The molecule has 2 aromatic heterocycles. The van der Waals surface area contributed by atoms with E-state index < -0.39 is 0 Å². The maximum Gasteiger partial charge on any atom is 0.234 e. The van der Waals surface area contributed by atoms with Crippen LogP contribution in [0.1, 0.15) is 36.7 Å². The van der Waals surface area contributed by atoms with Crippen molar-refractivity contribution in [2.45, 2.75) is 38.8 Å². The second kappa shape index (κ2) is 9.67. The Kier molecular flexibility index (Phi) is 6.70. The van der Waals surface area contributed by atoms with Gasteiger partial charge in [0.05, 0.1) is 40.4 Å². The molecule has 6 nitrogen and oxygen atoms in total. The van der Waals surface area contributed by atoms with Gasteiger partial charge < -0.3 is 5.32 Å². The highest BCUT2D eigenvalue weighted by atomic mass is 32.2. The third kappa shape index (κ3) is 4.73. The molecule has 1 amide bonds. The van der Waals surface area contributed by atoms with Crippen LogP contribution >= 0.6 is 11.8 Å². The van der Waals surface area contributed by atoms with E-state index in [-0.39, 0.29) is 11.7 Å². The average Bonchev–Trinajstić information content (AvgIpc) is 3.34. The van der Waals surface area contributed by atoms with Crippen LogP contribution in [0, 0.1) is 13.8 Å². The fourth-order valence-electron chi connectivity index (χ4n) is 3.92. The van der Waals surface area contributed by atoms with Crippen LogP contribution in [0.25, 0.3) is 16.9 Å². The van der Waals surface area contributed by atoms with E-state index >= 15 is 0 Å². The van der Waals surface area contributed by atoms with Crippen LogP contribution < -0.4 is 5.32 Å². The summed E-state index contributed by atoms with van der Waals surface area (Å²) in [6, 6.07) is 18.6. The first-order valence-electron chi connectivity index (χ1n) is 11.0. The number of carbonyl (C=O) groups is 1. The van der Waals surface area contributed by atoms with Gasteiger partial charge in [0.15, 0.2) is 5.16 Å². The Balaban J connectivity index is 1.66. The number of para-hydroxylation sites is 1. The number of anilines is 1. The van der Waals surface area contributed by atoms with Crippen molar-refractivity contribution in [3.8, 4) is 16.9 Å². The van der Waals surface area contributed by atoms with Crippen molar-refractivity contribution in [2.24, 2.45) is 7.05 Å². The number of rotatable bonds is 7. The summed E-state index contributed by atoms with van der Waals surface area (Å²) >= 11 is 1.44. The zero-order valence-corrected chi connectivity index (χ0v) is 20.5. The molecule has 0 bridgehead atoms. The first-order valence-corrected chi connectivity index (χ1v) is 12.0. The van der Waals surface area contributed by atoms with Crippen molar-refractivity contribution in [2.75, 3.05) is 11.1 Å². The fraction of sp³-hybridized carbons (Fsp3) is 0.269. The first kappa shape index (κ1) is 22.9. The van der Waals surface area contributed by atoms with E-state index in [0.717, 1.165) is 39.2 Å². The minimum Gasteiger partial charge on any atom is -0.322 e. The van der Waals surface area contributed by atoms with Crippen molar-refractivity contribution in [1.82, 2.24) is 19.3 Å². The zero-order chi connectivity index (χ0) is 23.5. The summed E-state index contributed by atoms with van der Waals surface area (Å²) in [6.07, 6.45) is 1.89. The Morgan fingerprint density at radius 3 is 2.42 bits per heavy atom. The topological polar surface area (TPSA) is 64.7 Å². The van der Waals surface area contributed by atoms with Crippen molar-refractivity contribution in [3.63, 3.8) is 0 Å². The van der Waals surface area contributed by atoms with Crippen LogP contribution in [-0.4, -0.2) is 31.0 Å². The van der Waals surface area contributed by atoms with E-state index in [1.54, 1.807) is 4.68 Å². The van der Waals surface area contributed by atoms with Gasteiger partial charge in [-0.3, -0.25) is 14.0 Å². The summed E-state index contributed by atoms with van der Waals surface area (Å²) in [5.41, 5.74) is 6.94. The molecular formula is C26H29N5OS. The molecule has 0 aliphatic heterocycles. The molecule has 2 heterocycles. The highest BCUT2D eigenvalue weighted by Gasteiger charge is 2.19. The van der Waals surface area contributed by atoms with Crippen LogP contribution in [0.4, 0.5) is 5.69 Å². The molecule has 0 saturated carbocycles. The molecule has 0 atom stereocenters. The number of nitrogens with zero attached hydrogens (tertiary/aromatic N) is 4. The smallest absolute Gasteiger partial charge is 0.234 e. The van der Waals surface area contributed by atoms with Crippen molar-refractivity contribution < 1.29 is 4.79 Å². The number of benzene rings is 2. The van der Waals surface area contributed by atoms with Gasteiger partial charge in [-0.1, -0.05) is 74.1 Å². The van der Waals surface area contributed by atoms with Crippen molar-refractivity contribution in [1.29, 1.82) is 0 Å². The largest absolute Gasteiger partial charge is 0.322 e. The van der Waals surface area contributed by atoms with Gasteiger partial charge in [0.1, 0.15) is 0 Å². The standard InChI is InChI=1S/C26H29N5OS/c1-17(2)21-13-9-10-14-22(21)31-23(20-11-7-6-8-12-20)15-27-26(31)33-16-24(32)28-25-18(3)29-30(5)19(25)4/h6-15,17H,16H2,1-5H3,(H,28,32). The maximum atomic E-state index is 12.8. The third-order valence-corrected chi connectivity index (χ3v) is 6.66. The molecule has 4 rings (SSSR count). The Labute approximate surface area is 199 Å². The quantitative estimate of drug-likeness (QED) is 0.358. The molecule has 0 saturated heterocycles.